The van der Waals surface area contributed by atoms with E-state index >= 15 is 0 Å². The van der Waals surface area contributed by atoms with Gasteiger partial charge in [0.2, 0.25) is 0 Å². The topological polar surface area (TPSA) is 0 Å². The van der Waals surface area contributed by atoms with Gasteiger partial charge in [0.1, 0.15) is 0 Å². The Bertz CT molecular complexity index is 121. The summed E-state index contributed by atoms with van der Waals surface area (Å²) in [5.74, 6) is 1.50. The van der Waals surface area contributed by atoms with Gasteiger partial charge in [-0.05, 0) is 10.8 Å². The van der Waals surface area contributed by atoms with Crippen LogP contribution in [-0.2, 0) is 0 Å². The second-order valence-corrected chi connectivity index (χ2v) is 7.39. The average molecular weight is 510 g/mol. The van der Waals surface area contributed by atoms with E-state index in [0.717, 1.165) is 0 Å². The minimum absolute atomic E-state index is 0. The van der Waals surface area contributed by atoms with Gasteiger partial charge in [0, 0.05) is 0 Å². The minimum atomic E-state index is 0. The Balaban J connectivity index is -0.0000000799. The van der Waals surface area contributed by atoms with Crippen LogP contribution in [0.5, 0.6) is 0 Å². The molecule has 0 nitrogen and oxygen atoms in total. The van der Waals surface area contributed by atoms with Crippen molar-refractivity contribution in [2.75, 3.05) is 0 Å². The molecule has 0 saturated carbocycles. The van der Waals surface area contributed by atoms with Crippen molar-refractivity contribution in [1.29, 1.82) is 0 Å². The molecule has 1 heteroatoms. The van der Waals surface area contributed by atoms with Crippen molar-refractivity contribution in [2.24, 2.45) is 10.8 Å². The average Bonchev–Trinajstić information content (AvgIpc) is 2.17. The van der Waals surface area contributed by atoms with Crippen LogP contribution in [0, 0.1) is 16.7 Å². The third-order valence-corrected chi connectivity index (χ3v) is 2.83. The SMILES string of the molecule is CCC(C)(C)C.CCC(C)(C)C.CC[C-](C)C.[Rf]. The first-order valence-electron chi connectivity index (χ1n) is 7.18. The first-order valence-corrected chi connectivity index (χ1v) is 7.18. The van der Waals surface area contributed by atoms with Crippen LogP contribution >= 0.6 is 0 Å². The number of hydrogen-bond acceptors (Lipinski definition) is 0. The Labute approximate surface area is 113 Å². The zero-order valence-corrected chi connectivity index (χ0v) is 21.7. The van der Waals surface area contributed by atoms with Crippen molar-refractivity contribution in [1.82, 2.24) is 0 Å². The summed E-state index contributed by atoms with van der Waals surface area (Å²) in [4.78, 5) is 0. The zero-order valence-electron chi connectivity index (χ0n) is 15.3. The van der Waals surface area contributed by atoms with Crippen molar-refractivity contribution in [3.8, 4) is 0 Å². The summed E-state index contributed by atoms with van der Waals surface area (Å²) in [5, 5.41) is 0. The Morgan fingerprint density at radius 1 is 0.667 bits per heavy atom. The minimum Gasteiger partial charge on any atom is -0.320 e. The van der Waals surface area contributed by atoms with E-state index in [9.17, 15) is 0 Å². The Morgan fingerprint density at radius 3 is 0.778 bits per heavy atom. The first kappa shape index (κ1) is 25.8. The molecule has 0 rings (SSSR count). The smallest absolute Gasteiger partial charge is 0 e. The monoisotopic (exact) mass is 510 g/mol. The number of rotatable bonds is 1. The molecule has 0 N–H and O–H groups in total. The maximum atomic E-state index is 2.24. The predicted octanol–water partition coefficient (Wildman–Crippen LogP) is 6.90. The molecule has 0 aromatic rings. The molecule has 0 aromatic carbocycles. The van der Waals surface area contributed by atoms with E-state index in [2.05, 4.69) is 76.2 Å². The Hall–Kier alpha value is -1.00. The van der Waals surface area contributed by atoms with E-state index in [1.165, 1.54) is 25.2 Å². The Kier molecular flexibility index (Phi) is 17.8. The molecule has 0 spiro atoms. The summed E-state index contributed by atoms with van der Waals surface area (Å²) in [5.41, 5.74) is 1.08. The summed E-state index contributed by atoms with van der Waals surface area (Å²) >= 11 is 0. The largest absolute Gasteiger partial charge is 0.320 e. The molecular weight excluding hydrogens is 471 g/mol. The summed E-state index contributed by atoms with van der Waals surface area (Å²) in [6.45, 7) is 24.3. The van der Waals surface area contributed by atoms with Crippen molar-refractivity contribution in [3.63, 3.8) is 0 Å². The first-order chi connectivity index (χ1) is 7.39. The van der Waals surface area contributed by atoms with Crippen LogP contribution in [0.3, 0.4) is 0 Å². The third-order valence-electron chi connectivity index (χ3n) is 2.83. The van der Waals surface area contributed by atoms with E-state index in [1.54, 1.807) is 0 Å². The fourth-order valence-electron chi connectivity index (χ4n) is 0. The molecule has 0 radical (unpaired) electrons. The molecule has 0 amide bonds. The van der Waals surface area contributed by atoms with Crippen molar-refractivity contribution >= 4 is 0 Å². The number of hydrogen-bond donors (Lipinski definition) is 0. The fraction of sp³-hybridized carbons (Fsp3) is 0.941. The van der Waals surface area contributed by atoms with Gasteiger partial charge in [-0.15, -0.1) is 0 Å². The molecule has 18 heavy (non-hydrogen) atoms. The van der Waals surface area contributed by atoms with Crippen LogP contribution in [0.25, 0.3) is 0 Å². The van der Waals surface area contributed by atoms with Crippen LogP contribution in [0.1, 0.15) is 95.4 Å². The van der Waals surface area contributed by atoms with Gasteiger partial charge in [-0.25, -0.2) is 0 Å². The van der Waals surface area contributed by atoms with Crippen LogP contribution in [0.2, 0.25) is 0 Å². The summed E-state index contributed by atoms with van der Waals surface area (Å²) < 4.78 is 0. The van der Waals surface area contributed by atoms with Crippen LogP contribution < -0.4 is 0 Å². The van der Waals surface area contributed by atoms with Gasteiger partial charge in [-0.3, -0.25) is 0 Å². The molecule has 0 aliphatic carbocycles. The predicted molar refractivity (Wildman–Crippen MR) is 84.4 cm³/mol. The standard InChI is InChI=1S/2C6H14.C5H11.Rf/c2*1-5-6(2,3)4;1-4-5(2)3;/h2*5H2,1-4H3;4H2,1-3H3;/q;;-1;. The van der Waals surface area contributed by atoms with Gasteiger partial charge in [0.15, 0.2) is 0 Å². The second-order valence-electron chi connectivity index (χ2n) is 7.39. The third kappa shape index (κ3) is 60.0. The summed E-state index contributed by atoms with van der Waals surface area (Å²) in [7, 11) is 0. The van der Waals surface area contributed by atoms with Crippen molar-refractivity contribution < 1.29 is 0 Å². The molecule has 0 unspecified atom stereocenters. The maximum Gasteiger partial charge on any atom is 0 e. The molecule has 0 aliphatic heterocycles. The van der Waals surface area contributed by atoms with Crippen molar-refractivity contribution in [2.45, 2.75) is 95.4 Å². The maximum absolute atomic E-state index is 2.24. The van der Waals surface area contributed by atoms with Gasteiger partial charge in [0.25, 0.3) is 0 Å². The molecule has 0 aliphatic rings. The fourth-order valence-corrected chi connectivity index (χ4v) is 0. The quantitative estimate of drug-likeness (QED) is 0.337. The molecule has 0 heterocycles. The van der Waals surface area contributed by atoms with Gasteiger partial charge < -0.3 is 5.92 Å². The van der Waals surface area contributed by atoms with E-state index in [1.807, 2.05) is 0 Å². The molecule has 0 bridgehead atoms. The summed E-state index contributed by atoms with van der Waals surface area (Å²) in [6, 6.07) is 0. The van der Waals surface area contributed by atoms with Crippen LogP contribution in [-0.4, -0.2) is 0 Å². The van der Waals surface area contributed by atoms with Gasteiger partial charge >= 0.3 is 0 Å². The molecule has 0 saturated heterocycles. The second kappa shape index (κ2) is 12.5. The van der Waals surface area contributed by atoms with E-state index in [0.29, 0.717) is 10.8 Å². The van der Waals surface area contributed by atoms with Gasteiger partial charge in [-0.1, -0.05) is 75.2 Å². The van der Waals surface area contributed by atoms with Gasteiger partial charge in [-0.2, -0.15) is 20.3 Å². The summed E-state index contributed by atoms with van der Waals surface area (Å²) in [6.07, 6.45) is 3.76. The Morgan fingerprint density at radius 2 is 0.778 bits per heavy atom. The molecule has 0 fully saturated rings. The van der Waals surface area contributed by atoms with E-state index in [4.69, 9.17) is 0 Å². The molecule has 110 valence electrons. The van der Waals surface area contributed by atoms with E-state index < -0.39 is 0 Å². The van der Waals surface area contributed by atoms with E-state index in [-0.39, 0.29) is 0 Å². The van der Waals surface area contributed by atoms with Crippen LogP contribution in [0.4, 0.5) is 0 Å². The van der Waals surface area contributed by atoms with Gasteiger partial charge in [0.05, 0.1) is 0 Å². The molecular formula is C17H39Rf-. The molecule has 0 aromatic heterocycles. The van der Waals surface area contributed by atoms with Crippen molar-refractivity contribution in [3.05, 3.63) is 5.92 Å². The molecule has 0 atom stereocenters. The van der Waals surface area contributed by atoms with Crippen LogP contribution in [0.15, 0.2) is 0 Å². The zero-order chi connectivity index (χ0) is 14.7. The normalized spacial score (nSPS) is 10.7.